The maximum atomic E-state index is 12.3. The van der Waals surface area contributed by atoms with E-state index in [2.05, 4.69) is 10.5 Å². The molecule has 148 valence electrons. The van der Waals surface area contributed by atoms with Crippen molar-refractivity contribution in [1.29, 1.82) is 0 Å². The molecule has 7 nitrogen and oxygen atoms in total. The number of aryl methyl sites for hydroxylation is 2. The third-order valence-electron chi connectivity index (χ3n) is 5.09. The molecule has 1 amide bonds. The SMILES string of the molecule is COc1ccc2c(c1)CCc1c-2noc1CCC(=O)Nc1ccccc1C(=O)O. The minimum Gasteiger partial charge on any atom is -0.497 e. The van der Waals surface area contributed by atoms with Gasteiger partial charge in [0.2, 0.25) is 5.91 Å². The van der Waals surface area contributed by atoms with Crippen LogP contribution in [-0.2, 0) is 24.1 Å². The van der Waals surface area contributed by atoms with Crippen molar-refractivity contribution in [3.05, 3.63) is 64.9 Å². The molecule has 1 heterocycles. The van der Waals surface area contributed by atoms with Crippen molar-refractivity contribution >= 4 is 17.6 Å². The number of nitrogens with zero attached hydrogens (tertiary/aromatic N) is 1. The summed E-state index contributed by atoms with van der Waals surface area (Å²) in [5.74, 6) is 0.155. The topological polar surface area (TPSA) is 102 Å². The van der Waals surface area contributed by atoms with Gasteiger partial charge in [-0.2, -0.15) is 0 Å². The van der Waals surface area contributed by atoms with E-state index in [1.165, 1.54) is 11.6 Å². The van der Waals surface area contributed by atoms with Gasteiger partial charge >= 0.3 is 5.97 Å². The number of anilines is 1. The van der Waals surface area contributed by atoms with E-state index in [-0.39, 0.29) is 23.6 Å². The first-order chi connectivity index (χ1) is 14.1. The summed E-state index contributed by atoms with van der Waals surface area (Å²) in [5, 5.41) is 16.1. The molecule has 1 aromatic heterocycles. The monoisotopic (exact) mass is 392 g/mol. The highest BCUT2D eigenvalue weighted by molar-refractivity contribution is 6.00. The Labute approximate surface area is 167 Å². The number of hydrogen-bond donors (Lipinski definition) is 2. The Bertz CT molecular complexity index is 1090. The number of para-hydroxylation sites is 1. The fraction of sp³-hybridized carbons (Fsp3) is 0.227. The summed E-state index contributed by atoms with van der Waals surface area (Å²) in [6.07, 6.45) is 2.21. The standard InChI is InChI=1S/C22H20N2O5/c1-28-14-7-9-15-13(12-14)6-8-17-19(29-24-21(15)17)10-11-20(25)23-18-5-3-2-4-16(18)22(26)27/h2-5,7,9,12H,6,8,10-11H2,1H3,(H,23,25)(H,26,27). The average Bonchev–Trinajstić information content (AvgIpc) is 3.15. The van der Waals surface area contributed by atoms with Gasteiger partial charge in [0.05, 0.1) is 18.4 Å². The van der Waals surface area contributed by atoms with Crippen LogP contribution in [-0.4, -0.2) is 29.2 Å². The molecule has 0 unspecified atom stereocenters. The van der Waals surface area contributed by atoms with Gasteiger partial charge in [-0.15, -0.1) is 0 Å². The van der Waals surface area contributed by atoms with Gasteiger partial charge in [-0.3, -0.25) is 4.79 Å². The molecule has 0 spiro atoms. The highest BCUT2D eigenvalue weighted by atomic mass is 16.5. The van der Waals surface area contributed by atoms with Crippen LogP contribution in [0.2, 0.25) is 0 Å². The Morgan fingerprint density at radius 3 is 2.83 bits per heavy atom. The van der Waals surface area contributed by atoms with Gasteiger partial charge in [0, 0.05) is 24.0 Å². The second-order valence-corrected chi connectivity index (χ2v) is 6.85. The molecule has 7 heteroatoms. The number of ether oxygens (including phenoxy) is 1. The van der Waals surface area contributed by atoms with E-state index >= 15 is 0 Å². The summed E-state index contributed by atoms with van der Waals surface area (Å²) in [4.78, 5) is 23.6. The van der Waals surface area contributed by atoms with E-state index in [9.17, 15) is 14.7 Å². The molecule has 0 radical (unpaired) electrons. The highest BCUT2D eigenvalue weighted by Gasteiger charge is 2.24. The van der Waals surface area contributed by atoms with Crippen LogP contribution < -0.4 is 10.1 Å². The average molecular weight is 392 g/mol. The molecule has 0 bridgehead atoms. The maximum Gasteiger partial charge on any atom is 0.337 e. The van der Waals surface area contributed by atoms with Crippen LogP contribution in [0.3, 0.4) is 0 Å². The van der Waals surface area contributed by atoms with E-state index in [1.807, 2.05) is 18.2 Å². The zero-order valence-corrected chi connectivity index (χ0v) is 15.9. The summed E-state index contributed by atoms with van der Waals surface area (Å²) in [5.41, 5.74) is 4.39. The molecule has 0 saturated heterocycles. The number of aromatic nitrogens is 1. The number of methoxy groups -OCH3 is 1. The third kappa shape index (κ3) is 3.71. The maximum absolute atomic E-state index is 12.3. The van der Waals surface area contributed by atoms with E-state index < -0.39 is 5.97 Å². The van der Waals surface area contributed by atoms with Crippen LogP contribution >= 0.6 is 0 Å². The van der Waals surface area contributed by atoms with E-state index in [0.29, 0.717) is 12.2 Å². The molecule has 4 rings (SSSR count). The van der Waals surface area contributed by atoms with Gasteiger partial charge in [-0.1, -0.05) is 17.3 Å². The first-order valence-electron chi connectivity index (χ1n) is 9.33. The number of carbonyl (C=O) groups is 2. The zero-order valence-electron chi connectivity index (χ0n) is 15.9. The van der Waals surface area contributed by atoms with Gasteiger partial charge in [0.15, 0.2) is 0 Å². The second kappa shape index (κ2) is 7.79. The fourth-order valence-electron chi connectivity index (χ4n) is 3.62. The molecule has 29 heavy (non-hydrogen) atoms. The number of aromatic carboxylic acids is 1. The van der Waals surface area contributed by atoms with Crippen molar-refractivity contribution < 1.29 is 24.0 Å². The number of carboxylic acids is 1. The molecule has 0 saturated carbocycles. The normalized spacial score (nSPS) is 12.0. The van der Waals surface area contributed by atoms with E-state index in [1.54, 1.807) is 25.3 Å². The number of hydrogen-bond acceptors (Lipinski definition) is 5. The third-order valence-corrected chi connectivity index (χ3v) is 5.09. The van der Waals surface area contributed by atoms with Crippen LogP contribution in [0.15, 0.2) is 47.0 Å². The predicted octanol–water partition coefficient (Wildman–Crippen LogP) is 3.72. The van der Waals surface area contributed by atoms with Gasteiger partial charge < -0.3 is 19.7 Å². The minimum absolute atomic E-state index is 0.0601. The summed E-state index contributed by atoms with van der Waals surface area (Å²) in [7, 11) is 1.64. The highest BCUT2D eigenvalue weighted by Crippen LogP contribution is 2.36. The lowest BCUT2D eigenvalue weighted by molar-refractivity contribution is -0.116. The van der Waals surface area contributed by atoms with Gasteiger partial charge in [-0.05, 0) is 48.7 Å². The second-order valence-electron chi connectivity index (χ2n) is 6.85. The van der Waals surface area contributed by atoms with Crippen LogP contribution in [0.5, 0.6) is 5.75 Å². The van der Waals surface area contributed by atoms with Crippen LogP contribution in [0.1, 0.15) is 33.7 Å². The first-order valence-corrected chi connectivity index (χ1v) is 9.33. The Kier molecular flexibility index (Phi) is 5.03. The molecular formula is C22H20N2O5. The van der Waals surface area contributed by atoms with Gasteiger partial charge in [0.1, 0.15) is 17.2 Å². The number of nitrogens with one attached hydrogen (secondary N) is 1. The molecule has 0 fully saturated rings. The van der Waals surface area contributed by atoms with Crippen molar-refractivity contribution in [3.8, 4) is 17.0 Å². The largest absolute Gasteiger partial charge is 0.497 e. The number of carbonyl (C=O) groups excluding carboxylic acids is 1. The van der Waals surface area contributed by atoms with Crippen LogP contribution in [0.4, 0.5) is 5.69 Å². The Balaban J connectivity index is 1.46. The van der Waals surface area contributed by atoms with Crippen molar-refractivity contribution in [3.63, 3.8) is 0 Å². The molecule has 2 aromatic carbocycles. The number of amides is 1. The summed E-state index contributed by atoms with van der Waals surface area (Å²) in [6.45, 7) is 0. The smallest absolute Gasteiger partial charge is 0.337 e. The Morgan fingerprint density at radius 2 is 2.03 bits per heavy atom. The molecule has 3 aromatic rings. The number of rotatable bonds is 6. The summed E-state index contributed by atoms with van der Waals surface area (Å²) < 4.78 is 10.8. The Hall–Kier alpha value is -3.61. The lowest BCUT2D eigenvalue weighted by atomic mass is 9.88. The molecular weight excluding hydrogens is 372 g/mol. The molecule has 1 aliphatic rings. The lowest BCUT2D eigenvalue weighted by Gasteiger charge is -2.16. The first kappa shape index (κ1) is 18.7. The minimum atomic E-state index is -1.08. The number of fused-ring (bicyclic) bond motifs is 3. The van der Waals surface area contributed by atoms with Crippen molar-refractivity contribution in [2.75, 3.05) is 12.4 Å². The van der Waals surface area contributed by atoms with Crippen molar-refractivity contribution in [2.45, 2.75) is 25.7 Å². The molecule has 0 aliphatic heterocycles. The predicted molar refractivity (Wildman–Crippen MR) is 106 cm³/mol. The van der Waals surface area contributed by atoms with Crippen LogP contribution in [0.25, 0.3) is 11.3 Å². The molecule has 2 N–H and O–H groups in total. The van der Waals surface area contributed by atoms with E-state index in [4.69, 9.17) is 9.26 Å². The summed E-state index contributed by atoms with van der Waals surface area (Å²) >= 11 is 0. The van der Waals surface area contributed by atoms with Crippen LogP contribution in [0, 0.1) is 0 Å². The Morgan fingerprint density at radius 1 is 1.21 bits per heavy atom. The van der Waals surface area contributed by atoms with Gasteiger partial charge in [-0.25, -0.2) is 4.79 Å². The fourth-order valence-corrected chi connectivity index (χ4v) is 3.62. The number of carboxylic acid groups (broad SMARTS) is 1. The zero-order chi connectivity index (χ0) is 20.4. The quantitative estimate of drug-likeness (QED) is 0.663. The molecule has 0 atom stereocenters. The van der Waals surface area contributed by atoms with Crippen molar-refractivity contribution in [2.24, 2.45) is 0 Å². The van der Waals surface area contributed by atoms with E-state index in [0.717, 1.165) is 35.4 Å². The number of benzene rings is 2. The van der Waals surface area contributed by atoms with Crippen molar-refractivity contribution in [1.82, 2.24) is 5.16 Å². The summed E-state index contributed by atoms with van der Waals surface area (Å²) in [6, 6.07) is 12.2. The molecule has 1 aliphatic carbocycles. The lowest BCUT2D eigenvalue weighted by Crippen LogP contribution is -2.15. The van der Waals surface area contributed by atoms with Gasteiger partial charge in [0.25, 0.3) is 0 Å².